The maximum Gasteiger partial charge on any atom is 0.270 e. The summed E-state index contributed by atoms with van der Waals surface area (Å²) in [5, 5.41) is 0. The fraction of sp³-hybridized carbons (Fsp3) is 0.333. The van der Waals surface area contributed by atoms with Gasteiger partial charge in [0, 0.05) is 31.2 Å². The Morgan fingerprint density at radius 3 is 2.89 bits per heavy atom. The Balaban J connectivity index is 1.70. The Kier molecular flexibility index (Phi) is 5.16. The van der Waals surface area contributed by atoms with E-state index >= 15 is 0 Å². The van der Waals surface area contributed by atoms with Crippen molar-refractivity contribution in [2.45, 2.75) is 32.4 Å². The van der Waals surface area contributed by atoms with E-state index in [0.29, 0.717) is 25.3 Å². The number of carbonyl (C=O) groups is 1. The van der Waals surface area contributed by atoms with Crippen LogP contribution in [0, 0.1) is 6.92 Å². The van der Waals surface area contributed by atoms with E-state index in [-0.39, 0.29) is 23.1 Å². The second kappa shape index (κ2) is 7.90. The van der Waals surface area contributed by atoms with Crippen molar-refractivity contribution in [2.75, 3.05) is 13.2 Å². The molecule has 4 heterocycles. The van der Waals surface area contributed by atoms with Crippen molar-refractivity contribution in [3.05, 3.63) is 76.1 Å². The first kappa shape index (κ1) is 18.3. The molecule has 1 atom stereocenters. The zero-order valence-electron chi connectivity index (χ0n) is 15.7. The number of amides is 1. The molecule has 144 valence electrons. The molecule has 0 saturated carbocycles. The second-order valence-corrected chi connectivity index (χ2v) is 6.98. The zero-order valence-corrected chi connectivity index (χ0v) is 15.7. The first-order chi connectivity index (χ1) is 13.6. The lowest BCUT2D eigenvalue weighted by atomic mass is 10.2. The van der Waals surface area contributed by atoms with Crippen LogP contribution < -0.4 is 5.56 Å². The molecule has 4 rings (SSSR count). The van der Waals surface area contributed by atoms with Gasteiger partial charge in [0.15, 0.2) is 0 Å². The van der Waals surface area contributed by atoms with E-state index in [4.69, 9.17) is 4.74 Å². The minimum atomic E-state index is -0.355. The summed E-state index contributed by atoms with van der Waals surface area (Å²) in [5.74, 6) is -0.351. The molecule has 7 heteroatoms. The molecule has 1 aliphatic rings. The van der Waals surface area contributed by atoms with Crippen molar-refractivity contribution in [3.63, 3.8) is 0 Å². The number of aromatic nitrogens is 3. The van der Waals surface area contributed by atoms with Gasteiger partial charge in [0.25, 0.3) is 11.5 Å². The van der Waals surface area contributed by atoms with Gasteiger partial charge in [0.2, 0.25) is 0 Å². The quantitative estimate of drug-likeness (QED) is 0.680. The molecule has 0 N–H and O–H groups in total. The molecule has 0 aliphatic carbocycles. The zero-order chi connectivity index (χ0) is 19.5. The monoisotopic (exact) mass is 378 g/mol. The maximum absolute atomic E-state index is 13.3. The van der Waals surface area contributed by atoms with Gasteiger partial charge in [-0.05, 0) is 44.0 Å². The van der Waals surface area contributed by atoms with E-state index in [9.17, 15) is 9.59 Å². The van der Waals surface area contributed by atoms with Crippen LogP contribution in [0.15, 0.2) is 53.6 Å². The second-order valence-electron chi connectivity index (χ2n) is 6.98. The fourth-order valence-corrected chi connectivity index (χ4v) is 3.53. The average Bonchev–Trinajstić information content (AvgIpc) is 3.21. The SMILES string of the molecule is Cc1cccc2ncc(C(=O)N(Cc3ccccn3)CC3CCCO3)c(=O)n12. The van der Waals surface area contributed by atoms with E-state index in [1.165, 1.54) is 10.6 Å². The molecule has 3 aromatic heterocycles. The van der Waals surface area contributed by atoms with Crippen LogP contribution >= 0.6 is 0 Å². The van der Waals surface area contributed by atoms with Crippen molar-refractivity contribution < 1.29 is 9.53 Å². The first-order valence-electron chi connectivity index (χ1n) is 9.41. The number of carbonyl (C=O) groups excluding carboxylic acids is 1. The van der Waals surface area contributed by atoms with Gasteiger partial charge in [-0.25, -0.2) is 4.98 Å². The van der Waals surface area contributed by atoms with Crippen molar-refractivity contribution >= 4 is 11.6 Å². The van der Waals surface area contributed by atoms with Gasteiger partial charge in [-0.1, -0.05) is 12.1 Å². The van der Waals surface area contributed by atoms with Crippen LogP contribution in [0.3, 0.4) is 0 Å². The molecule has 28 heavy (non-hydrogen) atoms. The molecular weight excluding hydrogens is 356 g/mol. The van der Waals surface area contributed by atoms with E-state index in [1.807, 2.05) is 37.3 Å². The third kappa shape index (κ3) is 3.66. The molecule has 1 saturated heterocycles. The van der Waals surface area contributed by atoms with Crippen LogP contribution in [0.1, 0.15) is 34.6 Å². The van der Waals surface area contributed by atoms with Crippen molar-refractivity contribution in [3.8, 4) is 0 Å². The molecule has 7 nitrogen and oxygen atoms in total. The number of fused-ring (bicyclic) bond motifs is 1. The number of nitrogens with zero attached hydrogens (tertiary/aromatic N) is 4. The Bertz CT molecular complexity index is 1040. The number of hydrogen-bond acceptors (Lipinski definition) is 5. The summed E-state index contributed by atoms with van der Waals surface area (Å²) >= 11 is 0. The van der Waals surface area contributed by atoms with E-state index < -0.39 is 0 Å². The van der Waals surface area contributed by atoms with Gasteiger partial charge in [-0.15, -0.1) is 0 Å². The van der Waals surface area contributed by atoms with E-state index in [0.717, 1.165) is 24.2 Å². The highest BCUT2D eigenvalue weighted by Crippen LogP contribution is 2.16. The van der Waals surface area contributed by atoms with Crippen LogP contribution in [0.5, 0.6) is 0 Å². The summed E-state index contributed by atoms with van der Waals surface area (Å²) in [4.78, 5) is 36.6. The first-order valence-corrected chi connectivity index (χ1v) is 9.41. The number of pyridine rings is 2. The Labute approximate surface area is 162 Å². The molecule has 1 aliphatic heterocycles. The molecule has 0 spiro atoms. The van der Waals surface area contributed by atoms with E-state index in [1.54, 1.807) is 17.2 Å². The number of ether oxygens (including phenoxy) is 1. The molecule has 1 fully saturated rings. The van der Waals surface area contributed by atoms with Crippen LogP contribution in [0.2, 0.25) is 0 Å². The summed E-state index contributed by atoms with van der Waals surface area (Å²) in [6.45, 7) is 3.26. The predicted molar refractivity (Wildman–Crippen MR) is 104 cm³/mol. The van der Waals surface area contributed by atoms with Crippen LogP contribution in [0.25, 0.3) is 5.65 Å². The minimum absolute atomic E-state index is 0.0226. The number of hydrogen-bond donors (Lipinski definition) is 0. The van der Waals surface area contributed by atoms with Gasteiger partial charge in [0.05, 0.1) is 18.3 Å². The third-order valence-electron chi connectivity index (χ3n) is 4.97. The highest BCUT2D eigenvalue weighted by Gasteiger charge is 2.26. The summed E-state index contributed by atoms with van der Waals surface area (Å²) in [7, 11) is 0. The van der Waals surface area contributed by atoms with E-state index in [2.05, 4.69) is 9.97 Å². The fourth-order valence-electron chi connectivity index (χ4n) is 3.53. The summed E-state index contributed by atoms with van der Waals surface area (Å²) in [6, 6.07) is 11.0. The van der Waals surface area contributed by atoms with Gasteiger partial charge < -0.3 is 9.64 Å². The summed E-state index contributed by atoms with van der Waals surface area (Å²) in [6.07, 6.45) is 4.93. The molecular formula is C21H22N4O3. The molecule has 0 aromatic carbocycles. The Hall–Kier alpha value is -3.06. The van der Waals surface area contributed by atoms with Gasteiger partial charge in [0.1, 0.15) is 11.2 Å². The maximum atomic E-state index is 13.3. The highest BCUT2D eigenvalue weighted by atomic mass is 16.5. The molecule has 0 radical (unpaired) electrons. The Morgan fingerprint density at radius 1 is 1.25 bits per heavy atom. The lowest BCUT2D eigenvalue weighted by molar-refractivity contribution is 0.0502. The predicted octanol–water partition coefficient (Wildman–Crippen LogP) is 2.22. The standard InChI is InChI=1S/C21H22N4O3/c1-15-6-4-9-19-23-12-18(21(27)25(15)19)20(26)24(14-17-8-5-11-28-17)13-16-7-2-3-10-22-16/h2-4,6-7,9-10,12,17H,5,8,11,13-14H2,1H3. The molecule has 1 unspecified atom stereocenters. The van der Waals surface area contributed by atoms with Gasteiger partial charge >= 0.3 is 0 Å². The third-order valence-corrected chi connectivity index (χ3v) is 4.97. The van der Waals surface area contributed by atoms with Crippen LogP contribution in [0.4, 0.5) is 0 Å². The summed E-state index contributed by atoms with van der Waals surface area (Å²) in [5.41, 5.74) is 1.73. The smallest absolute Gasteiger partial charge is 0.270 e. The topological polar surface area (TPSA) is 76.8 Å². The van der Waals surface area contributed by atoms with Crippen molar-refractivity contribution in [1.82, 2.24) is 19.3 Å². The lowest BCUT2D eigenvalue weighted by Crippen LogP contribution is -2.40. The molecule has 1 amide bonds. The molecule has 3 aromatic rings. The highest BCUT2D eigenvalue weighted by molar-refractivity contribution is 5.93. The normalized spacial score (nSPS) is 16.4. The van der Waals surface area contributed by atoms with Crippen molar-refractivity contribution in [2.24, 2.45) is 0 Å². The average molecular weight is 378 g/mol. The van der Waals surface area contributed by atoms with Gasteiger partial charge in [-0.3, -0.25) is 19.0 Å². The Morgan fingerprint density at radius 2 is 2.14 bits per heavy atom. The number of rotatable bonds is 5. The molecule has 0 bridgehead atoms. The van der Waals surface area contributed by atoms with Crippen LogP contribution in [-0.4, -0.2) is 44.4 Å². The van der Waals surface area contributed by atoms with Crippen molar-refractivity contribution in [1.29, 1.82) is 0 Å². The van der Waals surface area contributed by atoms with Crippen LogP contribution in [-0.2, 0) is 11.3 Å². The lowest BCUT2D eigenvalue weighted by Gasteiger charge is -2.25. The largest absolute Gasteiger partial charge is 0.376 e. The number of aryl methyl sites for hydroxylation is 1. The van der Waals surface area contributed by atoms with Gasteiger partial charge in [-0.2, -0.15) is 0 Å². The summed E-state index contributed by atoms with van der Waals surface area (Å²) < 4.78 is 7.18. The minimum Gasteiger partial charge on any atom is -0.376 e.